The van der Waals surface area contributed by atoms with Gasteiger partial charge in [0.05, 0.1) is 6.04 Å². The molecule has 0 aromatic heterocycles. The number of rotatable bonds is 6. The zero-order valence-corrected chi connectivity index (χ0v) is 17.4. The summed E-state index contributed by atoms with van der Waals surface area (Å²) in [5.41, 5.74) is 0.500. The van der Waals surface area contributed by atoms with Gasteiger partial charge < -0.3 is 15.0 Å². The molecule has 0 radical (unpaired) electrons. The van der Waals surface area contributed by atoms with Crippen LogP contribution in [0.2, 0.25) is 5.02 Å². The Morgan fingerprint density at radius 3 is 2.56 bits per heavy atom. The van der Waals surface area contributed by atoms with E-state index < -0.39 is 11.7 Å². The van der Waals surface area contributed by atoms with E-state index in [4.69, 9.17) is 16.3 Å². The number of likely N-dealkylation sites (N-methyl/N-ethyl adjacent to an activating group) is 1. The van der Waals surface area contributed by atoms with Gasteiger partial charge >= 0.3 is 6.09 Å². The summed E-state index contributed by atoms with van der Waals surface area (Å²) in [6, 6.07) is 7.83. The van der Waals surface area contributed by atoms with E-state index in [1.807, 2.05) is 24.3 Å². The lowest BCUT2D eigenvalue weighted by Gasteiger charge is -2.29. The van der Waals surface area contributed by atoms with Crippen molar-refractivity contribution >= 4 is 23.6 Å². The molecule has 0 spiro atoms. The molecule has 27 heavy (non-hydrogen) atoms. The van der Waals surface area contributed by atoms with E-state index in [2.05, 4.69) is 10.2 Å². The van der Waals surface area contributed by atoms with E-state index in [-0.39, 0.29) is 18.5 Å². The van der Waals surface area contributed by atoms with Crippen molar-refractivity contribution in [2.75, 3.05) is 33.2 Å². The number of nitrogens with one attached hydrogen (secondary N) is 1. The zero-order valence-electron chi connectivity index (χ0n) is 16.6. The second-order valence-corrected chi connectivity index (χ2v) is 8.39. The first kappa shape index (κ1) is 21.5. The van der Waals surface area contributed by atoms with Crippen LogP contribution in [-0.2, 0) is 9.53 Å². The molecule has 2 amide bonds. The Balaban J connectivity index is 1.94. The minimum atomic E-state index is -0.588. The molecular formula is C20H30ClN3O3. The summed E-state index contributed by atoms with van der Waals surface area (Å²) in [5.74, 6) is -0.213. The summed E-state index contributed by atoms with van der Waals surface area (Å²) in [7, 11) is 1.56. The second kappa shape index (κ2) is 9.42. The summed E-state index contributed by atoms with van der Waals surface area (Å²) in [6.07, 6.45) is 1.81. The third-order valence-electron chi connectivity index (χ3n) is 4.39. The van der Waals surface area contributed by atoms with Crippen molar-refractivity contribution in [1.29, 1.82) is 0 Å². The van der Waals surface area contributed by atoms with Crippen molar-refractivity contribution in [3.05, 3.63) is 34.9 Å². The number of benzene rings is 1. The molecule has 1 aliphatic heterocycles. The summed E-state index contributed by atoms with van der Waals surface area (Å²) in [5, 5.41) is 3.64. The lowest BCUT2D eigenvalue weighted by atomic mass is 10.1. The highest BCUT2D eigenvalue weighted by atomic mass is 35.5. The first-order chi connectivity index (χ1) is 12.7. The van der Waals surface area contributed by atoms with Gasteiger partial charge in [-0.25, -0.2) is 4.79 Å². The number of ether oxygens (including phenoxy) is 1. The molecule has 1 aliphatic rings. The van der Waals surface area contributed by atoms with E-state index >= 15 is 0 Å². The number of carbonyl (C=O) groups is 2. The average molecular weight is 396 g/mol. The van der Waals surface area contributed by atoms with Gasteiger partial charge in [0.15, 0.2) is 0 Å². The SMILES string of the molecule is CN(CC(=O)NCC(c1cccc(Cl)c1)N1CCCC1)C(=O)OC(C)(C)C. The summed E-state index contributed by atoms with van der Waals surface area (Å²) in [4.78, 5) is 28.0. The molecular weight excluding hydrogens is 366 g/mol. The molecule has 1 saturated heterocycles. The van der Waals surface area contributed by atoms with Crippen molar-refractivity contribution in [3.63, 3.8) is 0 Å². The van der Waals surface area contributed by atoms with E-state index in [0.29, 0.717) is 11.6 Å². The number of halogens is 1. The molecule has 1 unspecified atom stereocenters. The zero-order chi connectivity index (χ0) is 20.0. The molecule has 0 bridgehead atoms. The number of carbonyl (C=O) groups excluding carboxylic acids is 2. The highest BCUT2D eigenvalue weighted by molar-refractivity contribution is 6.30. The molecule has 1 fully saturated rings. The van der Waals surface area contributed by atoms with Gasteiger partial charge in [0.2, 0.25) is 5.91 Å². The highest BCUT2D eigenvalue weighted by Crippen LogP contribution is 2.26. The first-order valence-electron chi connectivity index (χ1n) is 9.36. The van der Waals surface area contributed by atoms with Crippen molar-refractivity contribution in [1.82, 2.24) is 15.1 Å². The highest BCUT2D eigenvalue weighted by Gasteiger charge is 2.25. The normalized spacial score (nSPS) is 16.0. The van der Waals surface area contributed by atoms with Crippen LogP contribution in [0, 0.1) is 0 Å². The van der Waals surface area contributed by atoms with E-state index in [1.54, 1.807) is 27.8 Å². The molecule has 0 aliphatic carbocycles. The van der Waals surface area contributed by atoms with Gasteiger partial charge in [-0.1, -0.05) is 23.7 Å². The first-order valence-corrected chi connectivity index (χ1v) is 9.74. The van der Waals surface area contributed by atoms with Crippen molar-refractivity contribution in [2.24, 2.45) is 0 Å². The predicted octanol–water partition coefficient (Wildman–Crippen LogP) is 3.46. The van der Waals surface area contributed by atoms with Gasteiger partial charge in [-0.2, -0.15) is 0 Å². The third kappa shape index (κ3) is 7.03. The number of likely N-dealkylation sites (tertiary alicyclic amines) is 1. The van der Waals surface area contributed by atoms with Crippen LogP contribution in [0.15, 0.2) is 24.3 Å². The fourth-order valence-electron chi connectivity index (χ4n) is 3.11. The molecule has 6 nitrogen and oxygen atoms in total. The molecule has 2 rings (SSSR count). The Labute approximate surface area is 166 Å². The van der Waals surface area contributed by atoms with Crippen LogP contribution < -0.4 is 5.32 Å². The molecule has 1 aromatic carbocycles. The lowest BCUT2D eigenvalue weighted by molar-refractivity contribution is -0.122. The van der Waals surface area contributed by atoms with E-state index in [0.717, 1.165) is 31.5 Å². The number of nitrogens with zero attached hydrogens (tertiary/aromatic N) is 2. The average Bonchev–Trinajstić information content (AvgIpc) is 3.07. The maximum absolute atomic E-state index is 12.3. The van der Waals surface area contributed by atoms with Crippen LogP contribution in [-0.4, -0.2) is 60.6 Å². The Morgan fingerprint density at radius 1 is 1.30 bits per heavy atom. The number of amides is 2. The van der Waals surface area contributed by atoms with Crippen molar-refractivity contribution < 1.29 is 14.3 Å². The monoisotopic (exact) mass is 395 g/mol. The van der Waals surface area contributed by atoms with Crippen LogP contribution in [0.3, 0.4) is 0 Å². The van der Waals surface area contributed by atoms with Crippen molar-refractivity contribution in [2.45, 2.75) is 45.3 Å². The molecule has 150 valence electrons. The largest absolute Gasteiger partial charge is 0.444 e. The molecule has 1 heterocycles. The molecule has 1 atom stereocenters. The smallest absolute Gasteiger partial charge is 0.410 e. The molecule has 7 heteroatoms. The van der Waals surface area contributed by atoms with Gasteiger partial charge in [0.1, 0.15) is 12.1 Å². The molecule has 1 aromatic rings. The number of hydrogen-bond acceptors (Lipinski definition) is 4. The summed E-state index contributed by atoms with van der Waals surface area (Å²) in [6.45, 7) is 7.83. The third-order valence-corrected chi connectivity index (χ3v) is 4.63. The van der Waals surface area contributed by atoms with Gasteiger partial charge in [0.25, 0.3) is 0 Å². The lowest BCUT2D eigenvalue weighted by Crippen LogP contribution is -2.43. The standard InChI is InChI=1S/C20H30ClN3O3/c1-20(2,3)27-19(26)23(4)14-18(25)22-13-17(24-10-5-6-11-24)15-8-7-9-16(21)12-15/h7-9,12,17H,5-6,10-11,13-14H2,1-4H3,(H,22,25). The Hall–Kier alpha value is -1.79. The van der Waals surface area contributed by atoms with Gasteiger partial charge in [-0.3, -0.25) is 9.69 Å². The maximum Gasteiger partial charge on any atom is 0.410 e. The minimum absolute atomic E-state index is 0.0445. The fraction of sp³-hybridized carbons (Fsp3) is 0.600. The van der Waals surface area contributed by atoms with Crippen molar-refractivity contribution in [3.8, 4) is 0 Å². The molecule has 1 N–H and O–H groups in total. The van der Waals surface area contributed by atoms with Crippen LogP contribution in [0.1, 0.15) is 45.2 Å². The Morgan fingerprint density at radius 2 is 1.96 bits per heavy atom. The molecule has 0 saturated carbocycles. The van der Waals surface area contributed by atoms with Gasteiger partial charge in [0, 0.05) is 18.6 Å². The predicted molar refractivity (Wildman–Crippen MR) is 107 cm³/mol. The van der Waals surface area contributed by atoms with E-state index in [1.165, 1.54) is 4.90 Å². The maximum atomic E-state index is 12.3. The summed E-state index contributed by atoms with van der Waals surface area (Å²) < 4.78 is 5.27. The Bertz CT molecular complexity index is 654. The topological polar surface area (TPSA) is 61.9 Å². The van der Waals surface area contributed by atoms with E-state index in [9.17, 15) is 9.59 Å². The summed E-state index contributed by atoms with van der Waals surface area (Å²) >= 11 is 6.15. The second-order valence-electron chi connectivity index (χ2n) is 7.95. The van der Waals surface area contributed by atoms with Crippen LogP contribution in [0.25, 0.3) is 0 Å². The minimum Gasteiger partial charge on any atom is -0.444 e. The quantitative estimate of drug-likeness (QED) is 0.801. The van der Waals surface area contributed by atoms with Crippen LogP contribution >= 0.6 is 11.6 Å². The van der Waals surface area contributed by atoms with Gasteiger partial charge in [-0.05, 0) is 64.4 Å². The fourth-order valence-corrected chi connectivity index (χ4v) is 3.31. The van der Waals surface area contributed by atoms with Crippen LogP contribution in [0.5, 0.6) is 0 Å². The number of hydrogen-bond donors (Lipinski definition) is 1. The van der Waals surface area contributed by atoms with Crippen LogP contribution in [0.4, 0.5) is 4.79 Å². The van der Waals surface area contributed by atoms with Gasteiger partial charge in [-0.15, -0.1) is 0 Å². The Kier molecular flexibility index (Phi) is 7.50.